The van der Waals surface area contributed by atoms with Gasteiger partial charge >= 0.3 is 11.9 Å². The van der Waals surface area contributed by atoms with Crippen LogP contribution in [-0.2, 0) is 22.6 Å². The van der Waals surface area contributed by atoms with Gasteiger partial charge in [-0.2, -0.15) is 0 Å². The van der Waals surface area contributed by atoms with Crippen molar-refractivity contribution in [3.05, 3.63) is 105 Å². The smallest absolute Gasteiger partial charge is 0.315 e. The van der Waals surface area contributed by atoms with Gasteiger partial charge in [0.2, 0.25) is 0 Å². The fraction of sp³-hybridized carbons (Fsp3) is 0.231. The summed E-state index contributed by atoms with van der Waals surface area (Å²) in [6.45, 7) is 0.985. The minimum atomic E-state index is -0.972. The van der Waals surface area contributed by atoms with Gasteiger partial charge in [0.1, 0.15) is 12.6 Å². The van der Waals surface area contributed by atoms with Gasteiger partial charge in [-0.3, -0.25) is 4.79 Å². The van der Waals surface area contributed by atoms with E-state index in [1.54, 1.807) is 12.1 Å². The first-order valence-corrected chi connectivity index (χ1v) is 11.3. The molecule has 0 aromatic heterocycles. The van der Waals surface area contributed by atoms with E-state index in [1.165, 1.54) is 5.56 Å². The SMILES string of the molecule is O=C(O)CCC(=O)[N+]1(Cc2ccc(Cl)c(Cl)c2)CCc2ccccc2C1c1ccccc1. The molecule has 3 aromatic rings. The Bertz CT molecular complexity index is 1150. The van der Waals surface area contributed by atoms with Crippen molar-refractivity contribution in [1.82, 2.24) is 0 Å². The van der Waals surface area contributed by atoms with Crippen LogP contribution < -0.4 is 0 Å². The van der Waals surface area contributed by atoms with Crippen LogP contribution in [0, 0.1) is 0 Å². The number of quaternary nitrogens is 1. The number of carboxylic acids is 1. The van der Waals surface area contributed by atoms with Gasteiger partial charge in [-0.1, -0.05) is 83.9 Å². The van der Waals surface area contributed by atoms with Crippen molar-refractivity contribution in [2.45, 2.75) is 31.8 Å². The Balaban J connectivity index is 1.88. The van der Waals surface area contributed by atoms with E-state index in [0.29, 0.717) is 23.1 Å². The Hall–Kier alpha value is -2.66. The molecule has 4 rings (SSSR count). The zero-order valence-corrected chi connectivity index (χ0v) is 19.0. The van der Waals surface area contributed by atoms with Crippen molar-refractivity contribution in [3.8, 4) is 0 Å². The highest BCUT2D eigenvalue weighted by molar-refractivity contribution is 6.42. The lowest BCUT2D eigenvalue weighted by Crippen LogP contribution is -2.58. The van der Waals surface area contributed by atoms with Gasteiger partial charge in [0, 0.05) is 23.1 Å². The van der Waals surface area contributed by atoms with E-state index in [-0.39, 0.29) is 29.3 Å². The van der Waals surface area contributed by atoms with E-state index in [9.17, 15) is 14.7 Å². The number of hydrogen-bond donors (Lipinski definition) is 1. The predicted octanol–water partition coefficient (Wildman–Crippen LogP) is 6.05. The molecule has 32 heavy (non-hydrogen) atoms. The number of benzene rings is 3. The third-order valence-electron chi connectivity index (χ3n) is 6.24. The van der Waals surface area contributed by atoms with Crippen LogP contribution >= 0.6 is 23.2 Å². The largest absolute Gasteiger partial charge is 0.481 e. The van der Waals surface area contributed by atoms with Crippen molar-refractivity contribution in [2.24, 2.45) is 0 Å². The monoisotopic (exact) mass is 468 g/mol. The van der Waals surface area contributed by atoms with Gasteiger partial charge in [-0.05, 0) is 17.7 Å². The molecule has 6 heteroatoms. The molecular weight excluding hydrogens is 445 g/mol. The van der Waals surface area contributed by atoms with Gasteiger partial charge in [0.25, 0.3) is 0 Å². The molecule has 0 bridgehead atoms. The van der Waals surface area contributed by atoms with Crippen LogP contribution in [0.1, 0.15) is 41.1 Å². The summed E-state index contributed by atoms with van der Waals surface area (Å²) in [5.41, 5.74) is 4.25. The summed E-state index contributed by atoms with van der Waals surface area (Å²) in [6, 6.07) is 23.4. The van der Waals surface area contributed by atoms with Gasteiger partial charge in [0.05, 0.1) is 29.4 Å². The number of hydrogen-bond acceptors (Lipinski definition) is 2. The molecule has 0 aliphatic carbocycles. The first-order valence-electron chi connectivity index (χ1n) is 10.6. The lowest BCUT2D eigenvalue weighted by atomic mass is 9.84. The Morgan fingerprint density at radius 3 is 2.34 bits per heavy atom. The Morgan fingerprint density at radius 1 is 0.906 bits per heavy atom. The normalized spacial score (nSPS) is 19.9. The fourth-order valence-corrected chi connectivity index (χ4v) is 5.09. The van der Waals surface area contributed by atoms with Crippen LogP contribution in [0.25, 0.3) is 0 Å². The van der Waals surface area contributed by atoms with Crippen molar-refractivity contribution in [1.29, 1.82) is 0 Å². The molecule has 0 radical (unpaired) electrons. The highest BCUT2D eigenvalue weighted by Gasteiger charge is 2.48. The average Bonchev–Trinajstić information content (AvgIpc) is 2.80. The number of halogens is 2. The molecule has 2 atom stereocenters. The van der Waals surface area contributed by atoms with E-state index >= 15 is 0 Å². The summed E-state index contributed by atoms with van der Waals surface area (Å²) in [5, 5.41) is 10.2. The lowest BCUT2D eigenvalue weighted by molar-refractivity contribution is -0.895. The predicted molar refractivity (Wildman–Crippen MR) is 126 cm³/mol. The fourth-order valence-electron chi connectivity index (χ4n) is 4.77. The van der Waals surface area contributed by atoms with Gasteiger partial charge in [-0.15, -0.1) is 0 Å². The summed E-state index contributed by atoms with van der Waals surface area (Å²) in [5.74, 6) is -1.05. The number of carbonyl (C=O) groups is 2. The first-order chi connectivity index (χ1) is 15.4. The number of nitrogens with zero attached hydrogens (tertiary/aromatic N) is 1. The van der Waals surface area contributed by atoms with Gasteiger partial charge in [-0.25, -0.2) is 9.28 Å². The second-order valence-corrected chi connectivity index (χ2v) is 9.03. The maximum absolute atomic E-state index is 13.8. The molecule has 1 aliphatic rings. The van der Waals surface area contributed by atoms with Crippen molar-refractivity contribution in [2.75, 3.05) is 6.54 Å². The summed E-state index contributed by atoms with van der Waals surface area (Å²) in [6.07, 6.45) is 0.519. The van der Waals surface area contributed by atoms with Crippen LogP contribution in [0.2, 0.25) is 10.0 Å². The number of carboxylic acid groups (broad SMARTS) is 1. The number of rotatable bonds is 6. The van der Waals surface area contributed by atoms with Crippen LogP contribution in [0.3, 0.4) is 0 Å². The van der Waals surface area contributed by atoms with Crippen LogP contribution in [-0.4, -0.2) is 28.0 Å². The van der Waals surface area contributed by atoms with Crippen LogP contribution in [0.5, 0.6) is 0 Å². The maximum atomic E-state index is 13.8. The summed E-state index contributed by atoms with van der Waals surface area (Å²) < 4.78 is 0.117. The number of fused-ring (bicyclic) bond motifs is 1. The molecule has 1 amide bonds. The summed E-state index contributed by atoms with van der Waals surface area (Å²) >= 11 is 12.4. The van der Waals surface area contributed by atoms with E-state index in [4.69, 9.17) is 23.2 Å². The first kappa shape index (κ1) is 22.5. The topological polar surface area (TPSA) is 54.4 Å². The number of amides is 1. The Morgan fingerprint density at radius 2 is 1.62 bits per heavy atom. The third-order valence-corrected chi connectivity index (χ3v) is 6.98. The van der Waals surface area contributed by atoms with E-state index in [1.807, 2.05) is 48.5 Å². The highest BCUT2D eigenvalue weighted by Crippen LogP contribution is 2.43. The average molecular weight is 469 g/mol. The minimum absolute atomic E-state index is 0.0256. The van der Waals surface area contributed by atoms with Crippen molar-refractivity contribution >= 4 is 35.1 Å². The minimum Gasteiger partial charge on any atom is -0.481 e. The standard InChI is InChI=1S/C26H23Cl2NO3/c27-22-11-10-18(16-23(22)28)17-29(24(30)12-13-25(31)32)15-14-19-6-4-5-9-21(19)26(29)20-7-2-1-3-8-20/h1-11,16,26H,12-15,17H2/p+1. The van der Waals surface area contributed by atoms with E-state index < -0.39 is 5.97 Å². The summed E-state index contributed by atoms with van der Waals surface area (Å²) in [4.78, 5) is 25.1. The second-order valence-electron chi connectivity index (χ2n) is 8.21. The van der Waals surface area contributed by atoms with Crippen LogP contribution in [0.15, 0.2) is 72.8 Å². The molecule has 0 saturated heterocycles. The zero-order valence-electron chi connectivity index (χ0n) is 17.5. The third kappa shape index (κ3) is 4.44. The number of carbonyl (C=O) groups excluding carboxylic acids is 1. The highest BCUT2D eigenvalue weighted by atomic mass is 35.5. The van der Waals surface area contributed by atoms with E-state index in [2.05, 4.69) is 12.1 Å². The van der Waals surface area contributed by atoms with Gasteiger partial charge in [0.15, 0.2) is 0 Å². The van der Waals surface area contributed by atoms with E-state index in [0.717, 1.165) is 23.1 Å². The molecule has 164 valence electrons. The summed E-state index contributed by atoms with van der Waals surface area (Å²) in [7, 11) is 0. The van der Waals surface area contributed by atoms with Gasteiger partial charge < -0.3 is 5.11 Å². The molecule has 2 unspecified atom stereocenters. The molecule has 1 heterocycles. The Labute approximate surface area is 197 Å². The molecule has 1 aliphatic heterocycles. The quantitative estimate of drug-likeness (QED) is 0.448. The zero-order chi connectivity index (χ0) is 22.7. The molecular formula is C26H24Cl2NO3+. The second kappa shape index (κ2) is 9.45. The maximum Gasteiger partial charge on any atom is 0.315 e. The van der Waals surface area contributed by atoms with Crippen LogP contribution in [0.4, 0.5) is 0 Å². The number of aliphatic carboxylic acids is 1. The molecule has 0 fully saturated rings. The molecule has 1 N–H and O–H groups in total. The lowest BCUT2D eigenvalue weighted by Gasteiger charge is -2.46. The van der Waals surface area contributed by atoms with Crippen molar-refractivity contribution < 1.29 is 19.2 Å². The Kier molecular flexibility index (Phi) is 6.66. The molecule has 0 spiro atoms. The molecule has 0 saturated carbocycles. The molecule has 4 nitrogen and oxygen atoms in total. The molecule has 3 aromatic carbocycles. The van der Waals surface area contributed by atoms with Crippen molar-refractivity contribution in [3.63, 3.8) is 0 Å².